The summed E-state index contributed by atoms with van der Waals surface area (Å²) in [5.41, 5.74) is 7.06. The van der Waals surface area contributed by atoms with E-state index >= 15 is 0 Å². The van der Waals surface area contributed by atoms with Gasteiger partial charge in [-0.2, -0.15) is 5.10 Å². The van der Waals surface area contributed by atoms with E-state index in [1.807, 2.05) is 6.92 Å². The molecule has 1 rings (SSSR count). The number of H-pyrrole nitrogens is 1. The van der Waals surface area contributed by atoms with Crippen molar-refractivity contribution in [3.63, 3.8) is 0 Å². The molecule has 6 heteroatoms. The maximum Gasteiger partial charge on any atom is 0.153 e. The molecule has 1 heterocycles. The summed E-state index contributed by atoms with van der Waals surface area (Å²) in [6.45, 7) is 2.01. The molecule has 0 aliphatic carbocycles. The molecule has 14 heavy (non-hydrogen) atoms. The van der Waals surface area contributed by atoms with Crippen LogP contribution in [0.2, 0.25) is 0 Å². The summed E-state index contributed by atoms with van der Waals surface area (Å²) in [6.07, 6.45) is 2.87. The van der Waals surface area contributed by atoms with Crippen LogP contribution < -0.4 is 5.73 Å². The molecule has 0 unspecified atom stereocenters. The van der Waals surface area contributed by atoms with Crippen molar-refractivity contribution in [1.29, 1.82) is 0 Å². The largest absolute Gasteiger partial charge is 0.382 e. The predicted octanol–water partition coefficient (Wildman–Crippen LogP) is 0.489. The number of nitrogens with two attached hydrogens (primary N) is 1. The van der Waals surface area contributed by atoms with E-state index < -0.39 is 9.84 Å². The Hall–Kier alpha value is -1.04. The SMILES string of the molecule is CCCc1c(N)n[nH]c1CS(C)(=O)=O. The summed E-state index contributed by atoms with van der Waals surface area (Å²) in [4.78, 5) is 0. The third-order valence-electron chi connectivity index (χ3n) is 1.89. The van der Waals surface area contributed by atoms with Gasteiger partial charge in [-0.1, -0.05) is 13.3 Å². The first kappa shape index (κ1) is 11.0. The fourth-order valence-electron chi connectivity index (χ4n) is 1.33. The van der Waals surface area contributed by atoms with Gasteiger partial charge in [-0.25, -0.2) is 8.42 Å². The van der Waals surface area contributed by atoms with Crippen molar-refractivity contribution in [2.45, 2.75) is 25.5 Å². The molecule has 1 aromatic heterocycles. The van der Waals surface area contributed by atoms with Gasteiger partial charge in [0.15, 0.2) is 9.84 Å². The van der Waals surface area contributed by atoms with Gasteiger partial charge in [-0.15, -0.1) is 0 Å². The Morgan fingerprint density at radius 2 is 2.14 bits per heavy atom. The highest BCUT2D eigenvalue weighted by Crippen LogP contribution is 2.17. The average molecular weight is 217 g/mol. The number of sulfone groups is 1. The Bertz CT molecular complexity index is 408. The van der Waals surface area contributed by atoms with Crippen molar-refractivity contribution in [3.8, 4) is 0 Å². The van der Waals surface area contributed by atoms with Crippen molar-refractivity contribution in [3.05, 3.63) is 11.3 Å². The van der Waals surface area contributed by atoms with E-state index in [0.717, 1.165) is 18.4 Å². The highest BCUT2D eigenvalue weighted by atomic mass is 32.2. The van der Waals surface area contributed by atoms with Crippen LogP contribution in [-0.4, -0.2) is 24.9 Å². The standard InChI is InChI=1S/C8H15N3O2S/c1-3-4-6-7(5-14(2,12)13)10-11-8(6)9/h3-5H2,1-2H3,(H3,9,10,11). The average Bonchev–Trinajstić information content (AvgIpc) is 2.33. The van der Waals surface area contributed by atoms with Gasteiger partial charge in [0, 0.05) is 11.8 Å². The molecule has 80 valence electrons. The molecule has 0 radical (unpaired) electrons. The second kappa shape index (κ2) is 4.00. The second-order valence-electron chi connectivity index (χ2n) is 3.39. The van der Waals surface area contributed by atoms with Crippen LogP contribution in [0.3, 0.4) is 0 Å². The zero-order valence-electron chi connectivity index (χ0n) is 8.37. The van der Waals surface area contributed by atoms with Crippen molar-refractivity contribution >= 4 is 15.7 Å². The van der Waals surface area contributed by atoms with Crippen LogP contribution in [0.25, 0.3) is 0 Å². The smallest absolute Gasteiger partial charge is 0.153 e. The first-order chi connectivity index (χ1) is 6.44. The normalized spacial score (nSPS) is 11.9. The lowest BCUT2D eigenvalue weighted by Crippen LogP contribution is -2.04. The van der Waals surface area contributed by atoms with Crippen LogP contribution in [0.15, 0.2) is 0 Å². The first-order valence-electron chi connectivity index (χ1n) is 4.43. The highest BCUT2D eigenvalue weighted by molar-refractivity contribution is 7.89. The number of nitrogens with one attached hydrogen (secondary N) is 1. The van der Waals surface area contributed by atoms with Crippen LogP contribution in [0.4, 0.5) is 5.82 Å². The van der Waals surface area contributed by atoms with Crippen LogP contribution in [0, 0.1) is 0 Å². The van der Waals surface area contributed by atoms with Gasteiger partial charge in [0.1, 0.15) is 5.82 Å². The molecule has 0 aliphatic heterocycles. The molecule has 0 saturated heterocycles. The van der Waals surface area contributed by atoms with Gasteiger partial charge < -0.3 is 5.73 Å². The van der Waals surface area contributed by atoms with Crippen molar-refractivity contribution in [2.24, 2.45) is 0 Å². The predicted molar refractivity (Wildman–Crippen MR) is 55.5 cm³/mol. The summed E-state index contributed by atoms with van der Waals surface area (Å²) in [5.74, 6) is 0.387. The van der Waals surface area contributed by atoms with Crippen LogP contribution >= 0.6 is 0 Å². The Morgan fingerprint density at radius 3 is 2.64 bits per heavy atom. The van der Waals surface area contributed by atoms with E-state index in [1.54, 1.807) is 0 Å². The van der Waals surface area contributed by atoms with E-state index in [2.05, 4.69) is 10.2 Å². The Balaban J connectivity index is 2.97. The number of nitrogens with zero attached hydrogens (tertiary/aromatic N) is 1. The molecule has 0 fully saturated rings. The molecule has 0 aliphatic rings. The van der Waals surface area contributed by atoms with E-state index in [0.29, 0.717) is 11.5 Å². The molecule has 3 N–H and O–H groups in total. The lowest BCUT2D eigenvalue weighted by Gasteiger charge is -2.00. The maximum absolute atomic E-state index is 11.1. The number of anilines is 1. The molecule has 0 amide bonds. The van der Waals surface area contributed by atoms with Gasteiger partial charge in [0.25, 0.3) is 0 Å². The van der Waals surface area contributed by atoms with Crippen molar-refractivity contribution < 1.29 is 8.42 Å². The minimum Gasteiger partial charge on any atom is -0.382 e. The molecular formula is C8H15N3O2S. The van der Waals surface area contributed by atoms with Gasteiger partial charge in [-0.05, 0) is 6.42 Å². The minimum absolute atomic E-state index is 0.0213. The Kier molecular flexibility index (Phi) is 3.15. The molecule has 5 nitrogen and oxygen atoms in total. The van der Waals surface area contributed by atoms with E-state index in [1.165, 1.54) is 6.26 Å². The fraction of sp³-hybridized carbons (Fsp3) is 0.625. The van der Waals surface area contributed by atoms with Crippen LogP contribution in [0.5, 0.6) is 0 Å². The number of hydrogen-bond acceptors (Lipinski definition) is 4. The number of nitrogen functional groups attached to an aromatic ring is 1. The quantitative estimate of drug-likeness (QED) is 0.768. The van der Waals surface area contributed by atoms with Crippen molar-refractivity contribution in [2.75, 3.05) is 12.0 Å². The zero-order chi connectivity index (χ0) is 10.8. The molecule has 1 aromatic rings. The number of aromatic nitrogens is 2. The van der Waals surface area contributed by atoms with E-state index in [-0.39, 0.29) is 5.75 Å². The van der Waals surface area contributed by atoms with Crippen molar-refractivity contribution in [1.82, 2.24) is 10.2 Å². The lowest BCUT2D eigenvalue weighted by molar-refractivity contribution is 0.600. The molecule has 0 bridgehead atoms. The monoisotopic (exact) mass is 217 g/mol. The summed E-state index contributed by atoms with van der Waals surface area (Å²) < 4.78 is 22.2. The number of rotatable bonds is 4. The van der Waals surface area contributed by atoms with Gasteiger partial charge >= 0.3 is 0 Å². The Labute approximate surface area is 83.6 Å². The maximum atomic E-state index is 11.1. The summed E-state index contributed by atoms with van der Waals surface area (Å²) in [7, 11) is -3.03. The summed E-state index contributed by atoms with van der Waals surface area (Å²) >= 11 is 0. The number of hydrogen-bond donors (Lipinski definition) is 2. The molecule has 0 aromatic carbocycles. The molecule has 0 spiro atoms. The third-order valence-corrected chi connectivity index (χ3v) is 2.70. The molecular weight excluding hydrogens is 202 g/mol. The fourth-order valence-corrected chi connectivity index (χ4v) is 2.09. The first-order valence-corrected chi connectivity index (χ1v) is 6.49. The second-order valence-corrected chi connectivity index (χ2v) is 5.53. The van der Waals surface area contributed by atoms with Gasteiger partial charge in [0.05, 0.1) is 11.4 Å². The van der Waals surface area contributed by atoms with Gasteiger partial charge in [0.2, 0.25) is 0 Å². The summed E-state index contributed by atoms with van der Waals surface area (Å²) in [6, 6.07) is 0. The zero-order valence-corrected chi connectivity index (χ0v) is 9.19. The number of aromatic amines is 1. The third kappa shape index (κ3) is 2.73. The topological polar surface area (TPSA) is 88.8 Å². The van der Waals surface area contributed by atoms with Crippen LogP contribution in [0.1, 0.15) is 24.6 Å². The minimum atomic E-state index is -3.03. The van der Waals surface area contributed by atoms with E-state index in [9.17, 15) is 8.42 Å². The molecule has 0 saturated carbocycles. The highest BCUT2D eigenvalue weighted by Gasteiger charge is 2.14. The molecule has 0 atom stereocenters. The van der Waals surface area contributed by atoms with E-state index in [4.69, 9.17) is 5.73 Å². The lowest BCUT2D eigenvalue weighted by atomic mass is 10.1. The Morgan fingerprint density at radius 1 is 1.50 bits per heavy atom. The van der Waals surface area contributed by atoms with Gasteiger partial charge in [-0.3, -0.25) is 5.10 Å². The van der Waals surface area contributed by atoms with Crippen LogP contribution in [-0.2, 0) is 22.0 Å². The summed E-state index contributed by atoms with van der Waals surface area (Å²) in [5, 5.41) is 6.47.